The number of carbonyl (C=O) groups is 1. The summed E-state index contributed by atoms with van der Waals surface area (Å²) in [6.07, 6.45) is 8.13. The summed E-state index contributed by atoms with van der Waals surface area (Å²) >= 11 is 1.74. The summed E-state index contributed by atoms with van der Waals surface area (Å²) in [6, 6.07) is 11.8. The number of likely N-dealkylation sites (tertiary alicyclic amines) is 1. The number of rotatable bonds is 6. The molecule has 0 radical (unpaired) electrons. The first-order chi connectivity index (χ1) is 15.3. The van der Waals surface area contributed by atoms with Gasteiger partial charge in [0.25, 0.3) is 5.91 Å². The number of benzene rings is 1. The quantitative estimate of drug-likeness (QED) is 0.436. The number of hydrogen-bond acceptors (Lipinski definition) is 5. The third kappa shape index (κ3) is 4.18. The second-order valence-corrected chi connectivity index (χ2v) is 8.60. The van der Waals surface area contributed by atoms with E-state index in [0.29, 0.717) is 30.5 Å². The van der Waals surface area contributed by atoms with E-state index in [1.807, 2.05) is 41.4 Å². The van der Waals surface area contributed by atoms with Crippen LogP contribution in [0.15, 0.2) is 70.4 Å². The summed E-state index contributed by atoms with van der Waals surface area (Å²) < 4.78 is 7.81. The van der Waals surface area contributed by atoms with Crippen molar-refractivity contribution in [3.8, 4) is 11.3 Å². The number of hydrogen-bond donors (Lipinski definition) is 0. The van der Waals surface area contributed by atoms with Crippen LogP contribution in [0.5, 0.6) is 0 Å². The molecule has 6 nitrogen and oxygen atoms in total. The Labute approximate surface area is 185 Å². The summed E-state index contributed by atoms with van der Waals surface area (Å²) in [5, 5.41) is 4.32. The number of aryl methyl sites for hydroxylation is 2. The molecule has 31 heavy (non-hydrogen) atoms. The first kappa shape index (κ1) is 19.8. The number of aromatic nitrogens is 3. The molecule has 0 aliphatic carbocycles. The number of piperidine rings is 1. The Morgan fingerprint density at radius 1 is 1.13 bits per heavy atom. The van der Waals surface area contributed by atoms with Crippen molar-refractivity contribution in [3.05, 3.63) is 83.0 Å². The largest absolute Gasteiger partial charge is 0.443 e. The van der Waals surface area contributed by atoms with Gasteiger partial charge >= 0.3 is 0 Å². The number of thiophene rings is 1. The molecule has 158 valence electrons. The highest BCUT2D eigenvalue weighted by Crippen LogP contribution is 2.30. The molecule has 1 amide bonds. The molecule has 0 saturated carbocycles. The average Bonchev–Trinajstić information content (AvgIpc) is 3.59. The van der Waals surface area contributed by atoms with Gasteiger partial charge in [-0.1, -0.05) is 30.3 Å². The van der Waals surface area contributed by atoms with Crippen molar-refractivity contribution in [2.75, 3.05) is 13.1 Å². The van der Waals surface area contributed by atoms with Gasteiger partial charge in [-0.3, -0.25) is 4.79 Å². The molecule has 1 aliphatic rings. The molecule has 4 heterocycles. The summed E-state index contributed by atoms with van der Waals surface area (Å²) in [5.41, 5.74) is 2.62. The minimum Gasteiger partial charge on any atom is -0.443 e. The van der Waals surface area contributed by atoms with Crippen LogP contribution in [-0.4, -0.2) is 38.4 Å². The van der Waals surface area contributed by atoms with Gasteiger partial charge in [0.1, 0.15) is 5.82 Å². The van der Waals surface area contributed by atoms with Crippen LogP contribution >= 0.6 is 11.3 Å². The lowest BCUT2D eigenvalue weighted by atomic mass is 9.95. The van der Waals surface area contributed by atoms with Crippen molar-refractivity contribution >= 4 is 17.2 Å². The monoisotopic (exact) mass is 432 g/mol. The van der Waals surface area contributed by atoms with Gasteiger partial charge in [0.2, 0.25) is 0 Å². The van der Waals surface area contributed by atoms with Gasteiger partial charge in [-0.25, -0.2) is 9.97 Å². The van der Waals surface area contributed by atoms with Crippen LogP contribution in [0.3, 0.4) is 0 Å². The number of oxazole rings is 1. The second-order valence-electron chi connectivity index (χ2n) is 7.82. The molecule has 0 N–H and O–H groups in total. The smallest absolute Gasteiger partial charge is 0.276 e. The molecule has 1 aromatic carbocycles. The van der Waals surface area contributed by atoms with Crippen LogP contribution in [0.4, 0.5) is 0 Å². The molecular weight excluding hydrogens is 408 g/mol. The maximum atomic E-state index is 13.1. The zero-order valence-electron chi connectivity index (χ0n) is 17.2. The van der Waals surface area contributed by atoms with Crippen molar-refractivity contribution in [3.63, 3.8) is 0 Å². The lowest BCUT2D eigenvalue weighted by Crippen LogP contribution is -2.38. The normalized spacial score (nSPS) is 14.8. The van der Waals surface area contributed by atoms with Gasteiger partial charge in [-0.15, -0.1) is 0 Å². The van der Waals surface area contributed by atoms with E-state index in [0.717, 1.165) is 37.2 Å². The Balaban J connectivity index is 1.23. The van der Waals surface area contributed by atoms with Gasteiger partial charge < -0.3 is 13.9 Å². The van der Waals surface area contributed by atoms with Crippen molar-refractivity contribution < 1.29 is 9.21 Å². The number of nitrogens with zero attached hydrogens (tertiary/aromatic N) is 4. The van der Waals surface area contributed by atoms with Crippen LogP contribution in [0.1, 0.15) is 40.6 Å². The lowest BCUT2D eigenvalue weighted by molar-refractivity contribution is 0.0705. The predicted molar refractivity (Wildman–Crippen MR) is 120 cm³/mol. The van der Waals surface area contributed by atoms with Gasteiger partial charge in [-0.2, -0.15) is 11.3 Å². The molecule has 1 aliphatic heterocycles. The van der Waals surface area contributed by atoms with Crippen LogP contribution in [0.25, 0.3) is 11.3 Å². The fraction of sp³-hybridized carbons (Fsp3) is 0.292. The molecule has 1 fully saturated rings. The SMILES string of the molecule is O=C(c1ncoc1-c1ccccc1)N1CCC(c2nccn2CCc2ccsc2)CC1. The Hall–Kier alpha value is -3.19. The van der Waals surface area contributed by atoms with E-state index in [1.54, 1.807) is 11.3 Å². The molecular formula is C24H24N4O2S. The summed E-state index contributed by atoms with van der Waals surface area (Å²) in [4.78, 5) is 23.9. The fourth-order valence-electron chi connectivity index (χ4n) is 4.24. The highest BCUT2D eigenvalue weighted by molar-refractivity contribution is 7.07. The first-order valence-electron chi connectivity index (χ1n) is 10.6. The van der Waals surface area contributed by atoms with E-state index >= 15 is 0 Å². The summed E-state index contributed by atoms with van der Waals surface area (Å²) in [5.74, 6) is 1.98. The third-order valence-corrected chi connectivity index (χ3v) is 6.65. The Morgan fingerprint density at radius 2 is 1.97 bits per heavy atom. The zero-order chi connectivity index (χ0) is 21.0. The van der Waals surface area contributed by atoms with E-state index in [-0.39, 0.29) is 5.91 Å². The molecule has 4 aromatic rings. The number of amides is 1. The van der Waals surface area contributed by atoms with Crippen LogP contribution < -0.4 is 0 Å². The third-order valence-electron chi connectivity index (χ3n) is 5.92. The van der Waals surface area contributed by atoms with Crippen molar-refractivity contribution in [2.24, 2.45) is 0 Å². The molecule has 0 unspecified atom stereocenters. The lowest BCUT2D eigenvalue weighted by Gasteiger charge is -2.31. The van der Waals surface area contributed by atoms with E-state index in [1.165, 1.54) is 12.0 Å². The van der Waals surface area contributed by atoms with Crippen molar-refractivity contribution in [1.29, 1.82) is 0 Å². The van der Waals surface area contributed by atoms with Crippen LogP contribution in [0.2, 0.25) is 0 Å². The molecule has 7 heteroatoms. The molecule has 0 atom stereocenters. The standard InChI is InChI=1S/C24H24N4O2S/c29-24(21-22(30-17-26-21)19-4-2-1-3-5-19)28-12-7-20(8-13-28)23-25-10-14-27(23)11-6-18-9-15-31-16-18/h1-5,9-10,14-17,20H,6-8,11-13H2. The van der Waals surface area contributed by atoms with E-state index in [2.05, 4.69) is 37.6 Å². The fourth-order valence-corrected chi connectivity index (χ4v) is 4.94. The second kappa shape index (κ2) is 8.89. The van der Waals surface area contributed by atoms with E-state index < -0.39 is 0 Å². The van der Waals surface area contributed by atoms with Crippen molar-refractivity contribution in [1.82, 2.24) is 19.4 Å². The topological polar surface area (TPSA) is 64.2 Å². The van der Waals surface area contributed by atoms with Crippen LogP contribution in [-0.2, 0) is 13.0 Å². The van der Waals surface area contributed by atoms with E-state index in [9.17, 15) is 4.79 Å². The Bertz CT molecular complexity index is 1130. The highest BCUT2D eigenvalue weighted by atomic mass is 32.1. The molecule has 0 bridgehead atoms. The summed E-state index contributed by atoms with van der Waals surface area (Å²) in [6.45, 7) is 2.33. The average molecular weight is 433 g/mol. The number of imidazole rings is 1. The maximum absolute atomic E-state index is 13.1. The predicted octanol–water partition coefficient (Wildman–Crippen LogP) is 4.86. The first-order valence-corrected chi connectivity index (χ1v) is 11.5. The van der Waals surface area contributed by atoms with Crippen molar-refractivity contribution in [2.45, 2.75) is 31.7 Å². The van der Waals surface area contributed by atoms with Gasteiger partial charge in [-0.05, 0) is 41.7 Å². The molecule has 3 aromatic heterocycles. The van der Waals surface area contributed by atoms with Gasteiger partial charge in [0.05, 0.1) is 0 Å². The Morgan fingerprint density at radius 3 is 2.74 bits per heavy atom. The van der Waals surface area contributed by atoms with Gasteiger partial charge in [0.15, 0.2) is 17.8 Å². The highest BCUT2D eigenvalue weighted by Gasteiger charge is 2.29. The molecule has 0 spiro atoms. The minimum absolute atomic E-state index is 0.0631. The number of carbonyl (C=O) groups excluding carboxylic acids is 1. The van der Waals surface area contributed by atoms with Crippen LogP contribution in [0, 0.1) is 0 Å². The Kier molecular flexibility index (Phi) is 5.67. The minimum atomic E-state index is -0.0631. The maximum Gasteiger partial charge on any atom is 0.276 e. The zero-order valence-corrected chi connectivity index (χ0v) is 18.0. The van der Waals surface area contributed by atoms with E-state index in [4.69, 9.17) is 4.42 Å². The van der Waals surface area contributed by atoms with Gasteiger partial charge in [0, 0.05) is 43.5 Å². The molecule has 1 saturated heterocycles. The summed E-state index contributed by atoms with van der Waals surface area (Å²) in [7, 11) is 0. The molecule has 5 rings (SSSR count).